The maximum Gasteiger partial charge on any atom is 0.303 e. The Morgan fingerprint density at radius 1 is 1.29 bits per heavy atom. The van der Waals surface area contributed by atoms with Gasteiger partial charge in [0.1, 0.15) is 5.54 Å². The summed E-state index contributed by atoms with van der Waals surface area (Å²) in [4.78, 5) is 21.8. The van der Waals surface area contributed by atoms with E-state index < -0.39 is 27.4 Å². The lowest BCUT2D eigenvalue weighted by atomic mass is 10.1. The van der Waals surface area contributed by atoms with E-state index in [2.05, 4.69) is 10.0 Å². The molecule has 100 valence electrons. The average molecular weight is 266 g/mol. The molecule has 0 spiro atoms. The molecule has 0 heterocycles. The summed E-state index contributed by atoms with van der Waals surface area (Å²) in [5, 5.41) is 10.9. The Kier molecular flexibility index (Phi) is 5.56. The number of hydrogen-bond acceptors (Lipinski definition) is 4. The molecule has 0 aliphatic carbocycles. The first-order chi connectivity index (χ1) is 7.54. The Morgan fingerprint density at radius 2 is 1.82 bits per heavy atom. The Hall–Kier alpha value is -1.15. The molecule has 0 aliphatic heterocycles. The first-order valence-electron chi connectivity index (χ1n) is 5.03. The van der Waals surface area contributed by atoms with Crippen molar-refractivity contribution in [1.29, 1.82) is 0 Å². The molecule has 0 radical (unpaired) electrons. The lowest BCUT2D eigenvalue weighted by Gasteiger charge is -2.23. The molecule has 0 saturated heterocycles. The van der Waals surface area contributed by atoms with Gasteiger partial charge in [0.2, 0.25) is 15.9 Å². The van der Waals surface area contributed by atoms with Crippen molar-refractivity contribution in [2.75, 3.05) is 12.8 Å². The Morgan fingerprint density at radius 3 is 2.24 bits per heavy atom. The van der Waals surface area contributed by atoms with Crippen molar-refractivity contribution < 1.29 is 23.1 Å². The third-order valence-corrected chi connectivity index (χ3v) is 2.74. The number of carbonyl (C=O) groups excluding carboxylic acids is 1. The fraction of sp³-hybridized carbons (Fsp3) is 0.778. The highest BCUT2D eigenvalue weighted by Gasteiger charge is 2.30. The molecular formula is C9H18N2O5S. The average Bonchev–Trinajstić information content (AvgIpc) is 2.07. The summed E-state index contributed by atoms with van der Waals surface area (Å²) in [6.07, 6.45) is 1.22. The first-order valence-corrected chi connectivity index (χ1v) is 6.93. The van der Waals surface area contributed by atoms with E-state index in [1.165, 1.54) is 13.8 Å². The van der Waals surface area contributed by atoms with Gasteiger partial charge in [-0.3, -0.25) is 9.59 Å². The second-order valence-electron chi connectivity index (χ2n) is 4.25. The molecule has 0 bridgehead atoms. The van der Waals surface area contributed by atoms with Crippen LogP contribution in [0.5, 0.6) is 0 Å². The SMILES string of the molecule is CC(C)(NS(C)(=O)=O)C(=O)NCCCC(=O)O. The van der Waals surface area contributed by atoms with E-state index in [0.29, 0.717) is 6.42 Å². The van der Waals surface area contributed by atoms with Gasteiger partial charge in [-0.15, -0.1) is 0 Å². The summed E-state index contributed by atoms with van der Waals surface area (Å²) in [5.41, 5.74) is -1.25. The van der Waals surface area contributed by atoms with E-state index in [1.54, 1.807) is 0 Å². The summed E-state index contributed by atoms with van der Waals surface area (Å²) in [7, 11) is -3.48. The molecule has 0 unspecified atom stereocenters. The zero-order chi connectivity index (χ0) is 13.7. The highest BCUT2D eigenvalue weighted by Crippen LogP contribution is 2.03. The lowest BCUT2D eigenvalue weighted by molar-refractivity contribution is -0.137. The van der Waals surface area contributed by atoms with Gasteiger partial charge in [-0.05, 0) is 20.3 Å². The summed E-state index contributed by atoms with van der Waals surface area (Å²) >= 11 is 0. The van der Waals surface area contributed by atoms with Crippen LogP contribution in [0.15, 0.2) is 0 Å². The summed E-state index contributed by atoms with van der Waals surface area (Å²) < 4.78 is 24.2. The Labute approximate surface area is 101 Å². The van der Waals surface area contributed by atoms with Gasteiger partial charge in [0.25, 0.3) is 0 Å². The van der Waals surface area contributed by atoms with E-state index in [1.807, 2.05) is 0 Å². The van der Waals surface area contributed by atoms with Crippen molar-refractivity contribution >= 4 is 21.9 Å². The maximum atomic E-state index is 11.6. The second-order valence-corrected chi connectivity index (χ2v) is 6.00. The van der Waals surface area contributed by atoms with E-state index in [0.717, 1.165) is 6.26 Å². The predicted molar refractivity (Wildman–Crippen MR) is 61.9 cm³/mol. The monoisotopic (exact) mass is 266 g/mol. The zero-order valence-corrected chi connectivity index (χ0v) is 10.9. The van der Waals surface area contributed by atoms with Crippen molar-refractivity contribution in [2.24, 2.45) is 0 Å². The van der Waals surface area contributed by atoms with Crippen LogP contribution >= 0.6 is 0 Å². The minimum Gasteiger partial charge on any atom is -0.481 e. The molecule has 1 amide bonds. The predicted octanol–water partition coefficient (Wildman–Crippen LogP) is -0.705. The molecule has 0 aromatic carbocycles. The van der Waals surface area contributed by atoms with Crippen LogP contribution in [0.3, 0.4) is 0 Å². The third kappa shape index (κ3) is 7.70. The molecular weight excluding hydrogens is 248 g/mol. The number of rotatable bonds is 7. The van der Waals surface area contributed by atoms with Gasteiger partial charge in [-0.25, -0.2) is 13.1 Å². The van der Waals surface area contributed by atoms with Crippen LogP contribution in [0.2, 0.25) is 0 Å². The fourth-order valence-electron chi connectivity index (χ4n) is 1.17. The largest absolute Gasteiger partial charge is 0.481 e. The van der Waals surface area contributed by atoms with Crippen molar-refractivity contribution in [3.8, 4) is 0 Å². The molecule has 17 heavy (non-hydrogen) atoms. The van der Waals surface area contributed by atoms with Crippen LogP contribution in [0.4, 0.5) is 0 Å². The first kappa shape index (κ1) is 15.9. The summed E-state index contributed by atoms with van der Waals surface area (Å²) in [5.74, 6) is -1.43. The summed E-state index contributed by atoms with van der Waals surface area (Å²) in [6, 6.07) is 0. The molecule has 3 N–H and O–H groups in total. The molecule has 0 fully saturated rings. The Bertz CT molecular complexity index is 388. The number of sulfonamides is 1. The van der Waals surface area contributed by atoms with E-state index in [4.69, 9.17) is 5.11 Å². The highest BCUT2D eigenvalue weighted by atomic mass is 32.2. The maximum absolute atomic E-state index is 11.6. The number of amides is 1. The topological polar surface area (TPSA) is 113 Å². The van der Waals surface area contributed by atoms with Gasteiger partial charge < -0.3 is 10.4 Å². The van der Waals surface area contributed by atoms with Crippen LogP contribution in [0, 0.1) is 0 Å². The second kappa shape index (κ2) is 5.97. The van der Waals surface area contributed by atoms with Gasteiger partial charge >= 0.3 is 5.97 Å². The standard InChI is InChI=1S/C9H18N2O5S/c1-9(2,11-17(3,15)16)8(14)10-6-4-5-7(12)13/h11H,4-6H2,1-3H3,(H,10,14)(H,12,13). The number of carboxylic acid groups (broad SMARTS) is 1. The third-order valence-electron chi connectivity index (χ3n) is 1.86. The molecule has 8 heteroatoms. The van der Waals surface area contributed by atoms with Crippen LogP contribution in [0.1, 0.15) is 26.7 Å². The zero-order valence-electron chi connectivity index (χ0n) is 10.1. The van der Waals surface area contributed by atoms with Crippen LogP contribution < -0.4 is 10.0 Å². The minimum absolute atomic E-state index is 0.0415. The number of nitrogens with one attached hydrogen (secondary N) is 2. The number of carbonyl (C=O) groups is 2. The van der Waals surface area contributed by atoms with Crippen LogP contribution in [0.25, 0.3) is 0 Å². The Balaban J connectivity index is 4.17. The molecule has 0 atom stereocenters. The number of carboxylic acids is 1. The molecule has 0 aromatic heterocycles. The van der Waals surface area contributed by atoms with Gasteiger partial charge in [-0.2, -0.15) is 0 Å². The van der Waals surface area contributed by atoms with Crippen LogP contribution in [-0.2, 0) is 19.6 Å². The van der Waals surface area contributed by atoms with Gasteiger partial charge in [0, 0.05) is 13.0 Å². The van der Waals surface area contributed by atoms with Crippen LogP contribution in [-0.4, -0.2) is 43.7 Å². The van der Waals surface area contributed by atoms with E-state index in [-0.39, 0.29) is 13.0 Å². The molecule has 7 nitrogen and oxygen atoms in total. The fourth-order valence-corrected chi connectivity index (χ4v) is 2.19. The van der Waals surface area contributed by atoms with Crippen molar-refractivity contribution in [3.05, 3.63) is 0 Å². The van der Waals surface area contributed by atoms with Gasteiger partial charge in [0.05, 0.1) is 6.26 Å². The highest BCUT2D eigenvalue weighted by molar-refractivity contribution is 7.88. The number of hydrogen-bond donors (Lipinski definition) is 3. The van der Waals surface area contributed by atoms with Crippen molar-refractivity contribution in [1.82, 2.24) is 10.0 Å². The van der Waals surface area contributed by atoms with Gasteiger partial charge in [-0.1, -0.05) is 0 Å². The quantitative estimate of drug-likeness (QED) is 0.527. The molecule has 0 rings (SSSR count). The summed E-state index contributed by atoms with van der Waals surface area (Å²) in [6.45, 7) is 3.06. The lowest BCUT2D eigenvalue weighted by Crippen LogP contribution is -2.54. The molecule has 0 aliphatic rings. The number of aliphatic carboxylic acids is 1. The minimum atomic E-state index is -3.48. The molecule has 0 aromatic rings. The van der Waals surface area contributed by atoms with Gasteiger partial charge in [0.15, 0.2) is 0 Å². The van der Waals surface area contributed by atoms with Crippen molar-refractivity contribution in [3.63, 3.8) is 0 Å². The van der Waals surface area contributed by atoms with E-state index >= 15 is 0 Å². The normalized spacial score (nSPS) is 12.2. The van der Waals surface area contributed by atoms with Crippen molar-refractivity contribution in [2.45, 2.75) is 32.2 Å². The molecule has 0 saturated carbocycles. The smallest absolute Gasteiger partial charge is 0.303 e. The van der Waals surface area contributed by atoms with E-state index in [9.17, 15) is 18.0 Å².